The average molecular weight is 361 g/mol. The van der Waals surface area contributed by atoms with Crippen LogP contribution in [-0.4, -0.2) is 25.0 Å². The van der Waals surface area contributed by atoms with Gasteiger partial charge < -0.3 is 15.2 Å². The fourth-order valence-corrected chi connectivity index (χ4v) is 2.88. The number of hydrogen-bond acceptors (Lipinski definition) is 6. The summed E-state index contributed by atoms with van der Waals surface area (Å²) in [6, 6.07) is 7.90. The van der Waals surface area contributed by atoms with Gasteiger partial charge >= 0.3 is 0 Å². The van der Waals surface area contributed by atoms with Gasteiger partial charge in [0.25, 0.3) is 0 Å². The second-order valence-electron chi connectivity index (χ2n) is 6.31. The van der Waals surface area contributed by atoms with Crippen LogP contribution in [0.5, 0.6) is 5.75 Å². The number of allylic oxidation sites excluding steroid dienone is 1. The molecule has 25 heavy (non-hydrogen) atoms. The lowest BCUT2D eigenvalue weighted by atomic mass is 9.92. The van der Waals surface area contributed by atoms with Gasteiger partial charge in [0, 0.05) is 5.57 Å². The molecular weight excluding hydrogens is 340 g/mol. The van der Waals surface area contributed by atoms with Crippen molar-refractivity contribution in [2.45, 2.75) is 26.4 Å². The summed E-state index contributed by atoms with van der Waals surface area (Å²) in [6.07, 6.45) is 1.90. The Balaban J connectivity index is 0.00000225. The Bertz CT molecular complexity index is 834. The molecule has 6 nitrogen and oxygen atoms in total. The Morgan fingerprint density at radius 1 is 1.40 bits per heavy atom. The summed E-state index contributed by atoms with van der Waals surface area (Å²) in [5.74, 6) is 0.932. The third-order valence-corrected chi connectivity index (χ3v) is 4.10. The number of hydrazone groups is 1. The molecule has 7 heteroatoms. The maximum Gasteiger partial charge on any atom is 0.144 e. The number of methoxy groups -OCH3 is 1. The van der Waals surface area contributed by atoms with Gasteiger partial charge in [-0.05, 0) is 38.5 Å². The maximum atomic E-state index is 9.65. The van der Waals surface area contributed by atoms with Crippen molar-refractivity contribution in [3.63, 3.8) is 0 Å². The van der Waals surface area contributed by atoms with Crippen molar-refractivity contribution in [1.29, 1.82) is 5.26 Å². The minimum atomic E-state index is -0.459. The number of aryl methyl sites for hydroxylation is 1. The molecule has 0 saturated heterocycles. The molecule has 1 aromatic carbocycles. The van der Waals surface area contributed by atoms with E-state index in [4.69, 9.17) is 15.2 Å². The first-order valence-corrected chi connectivity index (χ1v) is 7.66. The molecule has 0 unspecified atom stereocenters. The SMILES string of the molecule is COc1cccc(C)c1N1N=C2COC(C)(C)C=C2C(C#N)=C1N.Cl. The van der Waals surface area contributed by atoms with Crippen LogP contribution in [-0.2, 0) is 4.74 Å². The Morgan fingerprint density at radius 2 is 2.12 bits per heavy atom. The van der Waals surface area contributed by atoms with E-state index >= 15 is 0 Å². The number of hydrogen-bond donors (Lipinski definition) is 1. The van der Waals surface area contributed by atoms with Crippen molar-refractivity contribution in [2.75, 3.05) is 18.7 Å². The summed E-state index contributed by atoms with van der Waals surface area (Å²) in [7, 11) is 1.60. The normalized spacial score (nSPS) is 18.4. The quantitative estimate of drug-likeness (QED) is 0.876. The molecule has 0 amide bonds. The van der Waals surface area contributed by atoms with Crippen LogP contribution in [0.2, 0.25) is 0 Å². The minimum Gasteiger partial charge on any atom is -0.494 e. The number of ether oxygens (including phenoxy) is 2. The number of anilines is 1. The third-order valence-electron chi connectivity index (χ3n) is 4.10. The van der Waals surface area contributed by atoms with Gasteiger partial charge in [-0.15, -0.1) is 12.4 Å². The Labute approximate surface area is 153 Å². The molecule has 3 rings (SSSR count). The number of para-hydroxylation sites is 1. The highest BCUT2D eigenvalue weighted by Crippen LogP contribution is 2.38. The first-order valence-electron chi connectivity index (χ1n) is 7.66. The van der Waals surface area contributed by atoms with Gasteiger partial charge in [-0.3, -0.25) is 0 Å². The number of halogens is 1. The molecule has 0 radical (unpaired) electrons. The van der Waals surface area contributed by atoms with Crippen LogP contribution in [0, 0.1) is 18.3 Å². The number of fused-ring (bicyclic) bond motifs is 1. The molecule has 0 bridgehead atoms. The first kappa shape index (κ1) is 18.8. The zero-order chi connectivity index (χ0) is 17.5. The van der Waals surface area contributed by atoms with E-state index in [2.05, 4.69) is 11.2 Å². The third kappa shape index (κ3) is 3.21. The molecule has 0 fully saturated rings. The summed E-state index contributed by atoms with van der Waals surface area (Å²) in [6.45, 7) is 6.16. The summed E-state index contributed by atoms with van der Waals surface area (Å²) in [5, 5.41) is 15.9. The summed E-state index contributed by atoms with van der Waals surface area (Å²) < 4.78 is 11.2. The molecule has 0 saturated carbocycles. The van der Waals surface area contributed by atoms with E-state index in [0.717, 1.165) is 16.8 Å². The molecule has 0 aromatic heterocycles. The predicted octanol–water partition coefficient (Wildman–Crippen LogP) is 3.03. The highest BCUT2D eigenvalue weighted by atomic mass is 35.5. The van der Waals surface area contributed by atoms with Gasteiger partial charge in [-0.1, -0.05) is 12.1 Å². The standard InChI is InChI=1S/C18H20N4O2.ClH/c1-11-6-5-7-15(23-4)16(11)22-17(20)13(9-19)12-8-18(2,3)24-10-14(12)21-22;/h5-8H,10,20H2,1-4H3;1H. The summed E-state index contributed by atoms with van der Waals surface area (Å²) in [4.78, 5) is 0. The molecule has 132 valence electrons. The number of nitriles is 1. The molecule has 0 atom stereocenters. The number of nitrogens with two attached hydrogens (primary N) is 1. The van der Waals surface area contributed by atoms with Gasteiger partial charge in [0.15, 0.2) is 0 Å². The van der Waals surface area contributed by atoms with Crippen LogP contribution < -0.4 is 15.5 Å². The fraction of sp³-hybridized carbons (Fsp3) is 0.333. The van der Waals surface area contributed by atoms with Crippen molar-refractivity contribution < 1.29 is 9.47 Å². The largest absolute Gasteiger partial charge is 0.494 e. The van der Waals surface area contributed by atoms with Gasteiger partial charge in [-0.25, -0.2) is 5.01 Å². The topological polar surface area (TPSA) is 83.9 Å². The lowest BCUT2D eigenvalue weighted by Crippen LogP contribution is -2.39. The van der Waals surface area contributed by atoms with Crippen molar-refractivity contribution in [1.82, 2.24) is 0 Å². The van der Waals surface area contributed by atoms with Crippen molar-refractivity contribution >= 4 is 23.8 Å². The van der Waals surface area contributed by atoms with Crippen LogP contribution in [0.1, 0.15) is 19.4 Å². The zero-order valence-corrected chi connectivity index (χ0v) is 15.5. The molecule has 0 aliphatic carbocycles. The minimum absolute atomic E-state index is 0. The van der Waals surface area contributed by atoms with Gasteiger partial charge in [-0.2, -0.15) is 10.4 Å². The highest BCUT2D eigenvalue weighted by molar-refractivity contribution is 6.08. The van der Waals surface area contributed by atoms with E-state index in [1.165, 1.54) is 0 Å². The van der Waals surface area contributed by atoms with E-state index in [1.807, 2.05) is 45.0 Å². The van der Waals surface area contributed by atoms with E-state index in [-0.39, 0.29) is 18.2 Å². The van der Waals surface area contributed by atoms with E-state index < -0.39 is 5.60 Å². The molecule has 0 spiro atoms. The maximum absolute atomic E-state index is 9.65. The lowest BCUT2D eigenvalue weighted by Gasteiger charge is -2.34. The lowest BCUT2D eigenvalue weighted by molar-refractivity contribution is 0.0409. The summed E-state index contributed by atoms with van der Waals surface area (Å²) >= 11 is 0. The van der Waals surface area contributed by atoms with Gasteiger partial charge in [0.05, 0.1) is 25.0 Å². The second-order valence-corrected chi connectivity index (χ2v) is 6.31. The van der Waals surface area contributed by atoms with Crippen LogP contribution in [0.3, 0.4) is 0 Å². The fourth-order valence-electron chi connectivity index (χ4n) is 2.88. The summed E-state index contributed by atoms with van der Waals surface area (Å²) in [5.41, 5.74) is 9.34. The average Bonchev–Trinajstić information content (AvgIpc) is 2.54. The Kier molecular flexibility index (Phi) is 5.12. The van der Waals surface area contributed by atoms with Gasteiger partial charge in [0.2, 0.25) is 0 Å². The molecule has 2 N–H and O–H groups in total. The Hall–Kier alpha value is -2.49. The van der Waals surface area contributed by atoms with Gasteiger partial charge in [0.1, 0.15) is 28.9 Å². The second kappa shape index (κ2) is 6.79. The smallest absolute Gasteiger partial charge is 0.144 e. The van der Waals surface area contributed by atoms with Crippen molar-refractivity contribution in [2.24, 2.45) is 10.8 Å². The van der Waals surface area contributed by atoms with Crippen molar-refractivity contribution in [3.05, 3.63) is 46.8 Å². The Morgan fingerprint density at radius 3 is 2.76 bits per heavy atom. The first-order chi connectivity index (χ1) is 11.4. The van der Waals surface area contributed by atoms with E-state index in [0.29, 0.717) is 23.6 Å². The van der Waals surface area contributed by atoms with Crippen LogP contribution in [0.4, 0.5) is 5.69 Å². The van der Waals surface area contributed by atoms with Crippen LogP contribution in [0.15, 0.2) is 46.3 Å². The molecular formula is C18H21ClN4O2. The molecule has 2 aliphatic rings. The molecule has 2 aliphatic heterocycles. The highest BCUT2D eigenvalue weighted by Gasteiger charge is 2.34. The zero-order valence-electron chi connectivity index (χ0n) is 14.7. The van der Waals surface area contributed by atoms with Crippen LogP contribution in [0.25, 0.3) is 0 Å². The number of benzene rings is 1. The monoisotopic (exact) mass is 360 g/mol. The van der Waals surface area contributed by atoms with E-state index in [1.54, 1.807) is 12.1 Å². The van der Waals surface area contributed by atoms with E-state index in [9.17, 15) is 5.26 Å². The molecule has 1 aromatic rings. The predicted molar refractivity (Wildman–Crippen MR) is 99.8 cm³/mol. The molecule has 2 heterocycles. The van der Waals surface area contributed by atoms with Crippen LogP contribution >= 0.6 is 12.4 Å². The number of nitrogens with zero attached hydrogens (tertiary/aromatic N) is 3. The number of rotatable bonds is 2. The van der Waals surface area contributed by atoms with Crippen molar-refractivity contribution in [3.8, 4) is 11.8 Å².